The van der Waals surface area contributed by atoms with E-state index in [0.29, 0.717) is 24.1 Å². The average Bonchev–Trinajstić information content (AvgIpc) is 2.70. The molecule has 100 valence electrons. The van der Waals surface area contributed by atoms with E-state index in [9.17, 15) is 9.00 Å². The summed E-state index contributed by atoms with van der Waals surface area (Å²) in [5.74, 6) is 1.60. The van der Waals surface area contributed by atoms with Gasteiger partial charge in [0.05, 0.1) is 6.54 Å². The molecular formula is C12H17NO4S. The van der Waals surface area contributed by atoms with Crippen molar-refractivity contribution >= 4 is 16.8 Å². The van der Waals surface area contributed by atoms with Crippen LogP contribution in [0.2, 0.25) is 0 Å². The molecule has 1 aliphatic heterocycles. The van der Waals surface area contributed by atoms with Crippen molar-refractivity contribution in [2.45, 2.75) is 32.4 Å². The number of carboxylic acid groups (broad SMARTS) is 1. The number of rotatable bonds is 4. The Labute approximate surface area is 108 Å². The Kier molecular flexibility index (Phi) is 4.19. The Balaban J connectivity index is 1.88. The van der Waals surface area contributed by atoms with Gasteiger partial charge in [-0.2, -0.15) is 0 Å². The largest absolute Gasteiger partial charge is 0.478 e. The molecule has 0 amide bonds. The van der Waals surface area contributed by atoms with E-state index in [0.717, 1.165) is 24.3 Å². The van der Waals surface area contributed by atoms with Crippen molar-refractivity contribution in [1.82, 2.24) is 5.32 Å². The zero-order valence-electron chi connectivity index (χ0n) is 10.3. The first-order chi connectivity index (χ1) is 8.56. The Morgan fingerprint density at radius 2 is 2.22 bits per heavy atom. The first-order valence-electron chi connectivity index (χ1n) is 5.97. The fourth-order valence-electron chi connectivity index (χ4n) is 2.09. The van der Waals surface area contributed by atoms with Crippen LogP contribution in [0.25, 0.3) is 0 Å². The van der Waals surface area contributed by atoms with E-state index in [2.05, 4.69) is 5.32 Å². The fourth-order valence-corrected chi connectivity index (χ4v) is 3.38. The number of carboxylic acids is 1. The summed E-state index contributed by atoms with van der Waals surface area (Å²) in [5, 5.41) is 12.2. The maximum Gasteiger partial charge on any atom is 0.339 e. The molecular weight excluding hydrogens is 254 g/mol. The fraction of sp³-hybridized carbons (Fsp3) is 0.583. The lowest BCUT2D eigenvalue weighted by molar-refractivity contribution is 0.0695. The number of aromatic carboxylic acids is 1. The van der Waals surface area contributed by atoms with E-state index in [1.807, 2.05) is 0 Å². The van der Waals surface area contributed by atoms with Gasteiger partial charge >= 0.3 is 5.97 Å². The molecule has 0 unspecified atom stereocenters. The van der Waals surface area contributed by atoms with Crippen molar-refractivity contribution in [2.24, 2.45) is 0 Å². The zero-order valence-corrected chi connectivity index (χ0v) is 11.1. The first kappa shape index (κ1) is 13.3. The maximum atomic E-state index is 11.2. The quantitative estimate of drug-likeness (QED) is 0.862. The van der Waals surface area contributed by atoms with E-state index < -0.39 is 16.8 Å². The van der Waals surface area contributed by atoms with Crippen molar-refractivity contribution < 1.29 is 18.5 Å². The van der Waals surface area contributed by atoms with Gasteiger partial charge in [0.15, 0.2) is 0 Å². The van der Waals surface area contributed by atoms with E-state index in [4.69, 9.17) is 9.52 Å². The average molecular weight is 271 g/mol. The van der Waals surface area contributed by atoms with Crippen molar-refractivity contribution in [1.29, 1.82) is 0 Å². The predicted molar refractivity (Wildman–Crippen MR) is 68.1 cm³/mol. The van der Waals surface area contributed by atoms with E-state index in [1.165, 1.54) is 0 Å². The summed E-state index contributed by atoms with van der Waals surface area (Å²) in [6.45, 7) is 2.17. The lowest BCUT2D eigenvalue weighted by Crippen LogP contribution is -2.35. The van der Waals surface area contributed by atoms with Gasteiger partial charge < -0.3 is 14.8 Å². The van der Waals surface area contributed by atoms with Crippen molar-refractivity contribution in [3.63, 3.8) is 0 Å². The molecule has 18 heavy (non-hydrogen) atoms. The molecule has 2 heterocycles. The van der Waals surface area contributed by atoms with Crippen LogP contribution in [-0.2, 0) is 17.3 Å². The molecule has 1 aliphatic rings. The standard InChI is InChI=1S/C12H17NO4S/c1-8-11(12(14)15)6-10(17-8)7-13-9-2-4-18(16)5-3-9/h6,9,13H,2-5,7H2,1H3,(H,14,15). The molecule has 0 saturated carbocycles. The number of hydrogen-bond donors (Lipinski definition) is 2. The summed E-state index contributed by atoms with van der Waals surface area (Å²) in [6, 6.07) is 1.91. The summed E-state index contributed by atoms with van der Waals surface area (Å²) in [7, 11) is -0.656. The van der Waals surface area contributed by atoms with E-state index in [-0.39, 0.29) is 5.56 Å². The number of hydrogen-bond acceptors (Lipinski definition) is 4. The van der Waals surface area contributed by atoms with Crippen LogP contribution in [0.4, 0.5) is 0 Å². The molecule has 0 spiro atoms. The minimum absolute atomic E-state index is 0.219. The summed E-state index contributed by atoms with van der Waals surface area (Å²) >= 11 is 0. The van der Waals surface area contributed by atoms with Gasteiger partial charge in [-0.05, 0) is 25.8 Å². The third-order valence-electron chi connectivity index (χ3n) is 3.15. The van der Waals surface area contributed by atoms with Gasteiger partial charge in [0, 0.05) is 28.3 Å². The number of carbonyl (C=O) groups is 1. The highest BCUT2D eigenvalue weighted by molar-refractivity contribution is 7.85. The second kappa shape index (κ2) is 5.67. The predicted octanol–water partition coefficient (Wildman–Crippen LogP) is 1.29. The zero-order chi connectivity index (χ0) is 13.1. The van der Waals surface area contributed by atoms with Crippen LogP contribution >= 0.6 is 0 Å². The highest BCUT2D eigenvalue weighted by atomic mass is 32.2. The molecule has 5 nitrogen and oxygen atoms in total. The molecule has 1 aromatic rings. The molecule has 0 bridgehead atoms. The lowest BCUT2D eigenvalue weighted by atomic mass is 10.1. The van der Waals surface area contributed by atoms with Gasteiger partial charge in [-0.3, -0.25) is 4.21 Å². The minimum atomic E-state index is -0.962. The molecule has 2 N–H and O–H groups in total. The Bertz CT molecular complexity index is 459. The summed E-state index contributed by atoms with van der Waals surface area (Å²) in [4.78, 5) is 10.9. The van der Waals surface area contributed by atoms with Crippen molar-refractivity contribution in [2.75, 3.05) is 11.5 Å². The van der Waals surface area contributed by atoms with Crippen LogP contribution < -0.4 is 5.32 Å². The summed E-state index contributed by atoms with van der Waals surface area (Å²) in [6.07, 6.45) is 1.80. The molecule has 1 fully saturated rings. The summed E-state index contributed by atoms with van der Waals surface area (Å²) in [5.41, 5.74) is 0.219. The molecule has 1 saturated heterocycles. The van der Waals surface area contributed by atoms with Gasteiger partial charge in [-0.25, -0.2) is 4.79 Å². The van der Waals surface area contributed by atoms with Crippen LogP contribution in [-0.4, -0.2) is 32.8 Å². The highest BCUT2D eigenvalue weighted by Gasteiger charge is 2.18. The molecule has 0 aliphatic carbocycles. The normalized spacial score (nSPS) is 24.1. The van der Waals surface area contributed by atoms with Gasteiger partial charge in [0.1, 0.15) is 17.1 Å². The number of furan rings is 1. The second-order valence-corrected chi connectivity index (χ2v) is 6.19. The smallest absolute Gasteiger partial charge is 0.339 e. The van der Waals surface area contributed by atoms with Crippen molar-refractivity contribution in [3.8, 4) is 0 Å². The van der Waals surface area contributed by atoms with Crippen LogP contribution in [0.15, 0.2) is 10.5 Å². The molecule has 0 radical (unpaired) electrons. The van der Waals surface area contributed by atoms with Crippen molar-refractivity contribution in [3.05, 3.63) is 23.2 Å². The molecule has 0 aromatic carbocycles. The van der Waals surface area contributed by atoms with E-state index >= 15 is 0 Å². The topological polar surface area (TPSA) is 79.5 Å². The monoisotopic (exact) mass is 271 g/mol. The Morgan fingerprint density at radius 3 is 2.78 bits per heavy atom. The second-order valence-electron chi connectivity index (χ2n) is 4.49. The maximum absolute atomic E-state index is 11.2. The molecule has 6 heteroatoms. The number of nitrogens with one attached hydrogen (secondary N) is 1. The van der Waals surface area contributed by atoms with Crippen LogP contribution in [0.1, 0.15) is 34.7 Å². The van der Waals surface area contributed by atoms with Gasteiger partial charge in [0.25, 0.3) is 0 Å². The highest BCUT2D eigenvalue weighted by Crippen LogP contribution is 2.16. The van der Waals surface area contributed by atoms with Gasteiger partial charge in [-0.1, -0.05) is 0 Å². The minimum Gasteiger partial charge on any atom is -0.478 e. The SMILES string of the molecule is Cc1oc(CNC2CCS(=O)CC2)cc1C(=O)O. The third kappa shape index (κ3) is 3.20. The molecule has 1 aromatic heterocycles. The van der Waals surface area contributed by atoms with Crippen LogP contribution in [0.5, 0.6) is 0 Å². The van der Waals surface area contributed by atoms with Gasteiger partial charge in [0.2, 0.25) is 0 Å². The van der Waals surface area contributed by atoms with Crippen LogP contribution in [0, 0.1) is 6.92 Å². The molecule has 0 atom stereocenters. The van der Waals surface area contributed by atoms with E-state index in [1.54, 1.807) is 13.0 Å². The summed E-state index contributed by atoms with van der Waals surface area (Å²) < 4.78 is 16.6. The number of aryl methyl sites for hydroxylation is 1. The first-order valence-corrected chi connectivity index (χ1v) is 7.46. The molecule has 2 rings (SSSR count). The Hall–Kier alpha value is -1.14. The van der Waals surface area contributed by atoms with Crippen LogP contribution in [0.3, 0.4) is 0 Å². The third-order valence-corrected chi connectivity index (χ3v) is 4.53. The lowest BCUT2D eigenvalue weighted by Gasteiger charge is -2.21. The Morgan fingerprint density at radius 1 is 1.56 bits per heavy atom. The van der Waals surface area contributed by atoms with Gasteiger partial charge in [-0.15, -0.1) is 0 Å².